The topological polar surface area (TPSA) is 20.3 Å². The maximum Gasteiger partial charge on any atom is 0.222 e. The molecule has 1 heterocycles. The number of rotatable bonds is 4. The Bertz CT molecular complexity index is 189. The van der Waals surface area contributed by atoms with Crippen LogP contribution >= 0.6 is 27.7 Å². The molecule has 0 radical (unpaired) electrons. The molecule has 0 aromatic rings. The molecule has 82 valence electrons. The summed E-state index contributed by atoms with van der Waals surface area (Å²) in [6.45, 7) is 4.09. The number of unbranched alkanes of at least 4 members (excludes halogenated alkanes) is 1. The van der Waals surface area contributed by atoms with Gasteiger partial charge in [-0.2, -0.15) is 11.8 Å². The number of amides is 1. The monoisotopic (exact) mass is 279 g/mol. The second-order valence-corrected chi connectivity index (χ2v) is 6.01. The Kier molecular flexibility index (Phi) is 5.94. The van der Waals surface area contributed by atoms with Gasteiger partial charge >= 0.3 is 0 Å². The molecule has 4 heteroatoms. The van der Waals surface area contributed by atoms with Crippen molar-refractivity contribution in [2.24, 2.45) is 0 Å². The van der Waals surface area contributed by atoms with E-state index in [1.807, 2.05) is 16.7 Å². The van der Waals surface area contributed by atoms with Crippen molar-refractivity contribution in [3.05, 3.63) is 0 Å². The number of nitrogens with zero attached hydrogens (tertiary/aromatic N) is 1. The third kappa shape index (κ3) is 4.22. The van der Waals surface area contributed by atoms with Crippen LogP contribution in [0.5, 0.6) is 0 Å². The molecule has 1 amide bonds. The van der Waals surface area contributed by atoms with E-state index in [9.17, 15) is 4.79 Å². The number of hydrogen-bond donors (Lipinski definition) is 0. The van der Waals surface area contributed by atoms with Crippen molar-refractivity contribution >= 4 is 33.6 Å². The van der Waals surface area contributed by atoms with Gasteiger partial charge in [-0.05, 0) is 12.8 Å². The highest BCUT2D eigenvalue weighted by Gasteiger charge is 2.20. The zero-order valence-corrected chi connectivity index (χ0v) is 11.1. The minimum Gasteiger partial charge on any atom is -0.341 e. The molecular weight excluding hydrogens is 262 g/mol. The van der Waals surface area contributed by atoms with E-state index < -0.39 is 0 Å². The van der Waals surface area contributed by atoms with Gasteiger partial charge in [0.1, 0.15) is 0 Å². The van der Waals surface area contributed by atoms with Crippen LogP contribution in [-0.2, 0) is 4.79 Å². The van der Waals surface area contributed by atoms with Gasteiger partial charge in [-0.25, -0.2) is 0 Å². The quantitative estimate of drug-likeness (QED) is 0.582. The van der Waals surface area contributed by atoms with Crippen LogP contribution in [0.25, 0.3) is 0 Å². The Balaban J connectivity index is 2.22. The molecule has 0 spiro atoms. The Labute approximate surface area is 98.9 Å². The van der Waals surface area contributed by atoms with Crippen molar-refractivity contribution in [2.75, 3.05) is 24.2 Å². The number of alkyl halides is 1. The van der Waals surface area contributed by atoms with Gasteiger partial charge in [-0.15, -0.1) is 0 Å². The molecular formula is C10H18BrNOS. The molecule has 2 nitrogen and oxygen atoms in total. The van der Waals surface area contributed by atoms with Gasteiger partial charge in [0.2, 0.25) is 5.91 Å². The van der Waals surface area contributed by atoms with E-state index in [1.165, 1.54) is 0 Å². The first-order chi connectivity index (χ1) is 6.74. The van der Waals surface area contributed by atoms with E-state index in [2.05, 4.69) is 22.9 Å². The average molecular weight is 280 g/mol. The van der Waals surface area contributed by atoms with Crippen molar-refractivity contribution in [3.63, 3.8) is 0 Å². The third-order valence-corrected chi connectivity index (χ3v) is 4.07. The van der Waals surface area contributed by atoms with E-state index in [0.29, 0.717) is 11.2 Å². The van der Waals surface area contributed by atoms with Crippen molar-refractivity contribution in [3.8, 4) is 0 Å². The van der Waals surface area contributed by atoms with Crippen LogP contribution in [0, 0.1) is 0 Å². The molecule has 1 fully saturated rings. The minimum absolute atomic E-state index is 0.345. The second-order valence-electron chi connectivity index (χ2n) is 3.67. The largest absolute Gasteiger partial charge is 0.341 e. The average Bonchev–Trinajstić information content (AvgIpc) is 2.18. The van der Waals surface area contributed by atoms with Crippen molar-refractivity contribution in [2.45, 2.75) is 31.4 Å². The molecule has 1 saturated heterocycles. The van der Waals surface area contributed by atoms with Crippen LogP contribution < -0.4 is 0 Å². The molecule has 1 aliphatic rings. The van der Waals surface area contributed by atoms with Crippen LogP contribution in [0.15, 0.2) is 0 Å². The highest BCUT2D eigenvalue weighted by Crippen LogP contribution is 2.18. The van der Waals surface area contributed by atoms with Gasteiger partial charge < -0.3 is 4.90 Å². The van der Waals surface area contributed by atoms with Crippen LogP contribution in [0.3, 0.4) is 0 Å². The molecule has 0 saturated carbocycles. The second kappa shape index (κ2) is 6.72. The van der Waals surface area contributed by atoms with E-state index in [4.69, 9.17) is 0 Å². The molecule has 0 aromatic heterocycles. The maximum atomic E-state index is 11.7. The highest BCUT2D eigenvalue weighted by molar-refractivity contribution is 9.09. The number of halogens is 1. The summed E-state index contributed by atoms with van der Waals surface area (Å²) in [5.41, 5.74) is 0. The third-order valence-electron chi connectivity index (χ3n) is 2.37. The van der Waals surface area contributed by atoms with Crippen LogP contribution in [0.2, 0.25) is 0 Å². The summed E-state index contributed by atoms with van der Waals surface area (Å²) >= 11 is 5.34. The Morgan fingerprint density at radius 2 is 2.36 bits per heavy atom. The lowest BCUT2D eigenvalue weighted by molar-refractivity contribution is -0.131. The molecule has 0 N–H and O–H groups in total. The standard InChI is InChI=1S/C10H18BrNOS/c1-9-8-12(6-7-14-9)10(13)4-2-3-5-11/h9H,2-8H2,1H3. The van der Waals surface area contributed by atoms with Crippen LogP contribution in [0.4, 0.5) is 0 Å². The predicted molar refractivity (Wildman–Crippen MR) is 66.1 cm³/mol. The van der Waals surface area contributed by atoms with Gasteiger partial charge in [0.15, 0.2) is 0 Å². The zero-order valence-electron chi connectivity index (χ0n) is 8.67. The summed E-state index contributed by atoms with van der Waals surface area (Å²) in [5.74, 6) is 1.45. The van der Waals surface area contributed by atoms with E-state index in [-0.39, 0.29) is 0 Å². The van der Waals surface area contributed by atoms with Gasteiger partial charge in [0.05, 0.1) is 0 Å². The summed E-state index contributed by atoms with van der Waals surface area (Å²) in [4.78, 5) is 13.7. The molecule has 1 atom stereocenters. The summed E-state index contributed by atoms with van der Waals surface area (Å²) < 4.78 is 0. The summed E-state index contributed by atoms with van der Waals surface area (Å²) in [5, 5.41) is 1.62. The highest BCUT2D eigenvalue weighted by atomic mass is 79.9. The summed E-state index contributed by atoms with van der Waals surface area (Å²) in [6, 6.07) is 0. The van der Waals surface area contributed by atoms with Crippen LogP contribution in [-0.4, -0.2) is 40.2 Å². The zero-order chi connectivity index (χ0) is 10.4. The first kappa shape index (κ1) is 12.4. The summed E-state index contributed by atoms with van der Waals surface area (Å²) in [7, 11) is 0. The lowest BCUT2D eigenvalue weighted by Crippen LogP contribution is -2.40. The lowest BCUT2D eigenvalue weighted by atomic mass is 10.2. The van der Waals surface area contributed by atoms with Crippen molar-refractivity contribution in [1.29, 1.82) is 0 Å². The number of hydrogen-bond acceptors (Lipinski definition) is 2. The fraction of sp³-hybridized carbons (Fsp3) is 0.900. The first-order valence-corrected chi connectivity index (χ1v) is 7.36. The Hall–Kier alpha value is 0.300. The molecule has 1 rings (SSSR count). The lowest BCUT2D eigenvalue weighted by Gasteiger charge is -2.30. The number of carbonyl (C=O) groups is 1. The minimum atomic E-state index is 0.345. The molecule has 14 heavy (non-hydrogen) atoms. The van der Waals surface area contributed by atoms with E-state index >= 15 is 0 Å². The fourth-order valence-corrected chi connectivity index (χ4v) is 2.98. The molecule has 1 unspecified atom stereocenters. The number of carbonyl (C=O) groups excluding carboxylic acids is 1. The van der Waals surface area contributed by atoms with Gasteiger partial charge in [-0.3, -0.25) is 4.79 Å². The fourth-order valence-electron chi connectivity index (χ4n) is 1.57. The van der Waals surface area contributed by atoms with Gasteiger partial charge in [-0.1, -0.05) is 22.9 Å². The summed E-state index contributed by atoms with van der Waals surface area (Å²) in [6.07, 6.45) is 2.84. The number of thioether (sulfide) groups is 1. The Morgan fingerprint density at radius 1 is 1.57 bits per heavy atom. The molecule has 0 aromatic carbocycles. The smallest absolute Gasteiger partial charge is 0.222 e. The van der Waals surface area contributed by atoms with Crippen LogP contribution in [0.1, 0.15) is 26.2 Å². The predicted octanol–water partition coefficient (Wildman–Crippen LogP) is 2.52. The maximum absolute atomic E-state index is 11.7. The molecule has 0 bridgehead atoms. The van der Waals surface area contributed by atoms with Gasteiger partial charge in [0.25, 0.3) is 0 Å². The SMILES string of the molecule is CC1CN(C(=O)CCCCBr)CCS1. The van der Waals surface area contributed by atoms with Crippen molar-refractivity contribution in [1.82, 2.24) is 4.90 Å². The molecule has 0 aliphatic carbocycles. The van der Waals surface area contributed by atoms with E-state index in [0.717, 1.165) is 43.4 Å². The van der Waals surface area contributed by atoms with E-state index in [1.54, 1.807) is 0 Å². The molecule has 1 aliphatic heterocycles. The van der Waals surface area contributed by atoms with Gasteiger partial charge in [0, 0.05) is 35.8 Å². The Morgan fingerprint density at radius 3 is 3.00 bits per heavy atom. The first-order valence-electron chi connectivity index (χ1n) is 5.19. The van der Waals surface area contributed by atoms with Crippen molar-refractivity contribution < 1.29 is 4.79 Å². The normalized spacial score (nSPS) is 22.4.